The smallest absolute Gasteiger partial charge is 0.232 e. The molecule has 3 aromatic rings. The van der Waals surface area contributed by atoms with Crippen LogP contribution in [0.2, 0.25) is 5.02 Å². The lowest BCUT2D eigenvalue weighted by molar-refractivity contribution is -0.118. The first-order chi connectivity index (χ1) is 16.4. The zero-order valence-corrected chi connectivity index (χ0v) is 21.1. The maximum absolute atomic E-state index is 12.5. The molecule has 0 unspecified atom stereocenters. The standard InChI is InChI=1S/C25H29ClN2O5S/c1-4-31-22-11-10-18(14-23(22)32-5-2)12-13-27-24(29)16-34(30)15-21-17(3)33-25(28-21)19-8-6-7-9-20(19)26/h6-11,14H,4-5,12-13,15-16H2,1-3H3,(H,27,29)/t34-/m1/s1. The normalized spacial score (nSPS) is 11.8. The molecule has 0 radical (unpaired) electrons. The monoisotopic (exact) mass is 504 g/mol. The average molecular weight is 505 g/mol. The summed E-state index contributed by atoms with van der Waals surface area (Å²) >= 11 is 6.21. The van der Waals surface area contributed by atoms with Gasteiger partial charge < -0.3 is 19.2 Å². The molecule has 1 amide bonds. The van der Waals surface area contributed by atoms with E-state index in [0.29, 0.717) is 65.6 Å². The Kier molecular flexibility index (Phi) is 9.53. The molecule has 0 saturated heterocycles. The second-order valence-electron chi connectivity index (χ2n) is 7.48. The van der Waals surface area contributed by atoms with Crippen LogP contribution in [-0.2, 0) is 27.8 Å². The molecule has 0 bridgehead atoms. The molecular weight excluding hydrogens is 476 g/mol. The molecule has 0 spiro atoms. The Morgan fingerprint density at radius 2 is 1.85 bits per heavy atom. The number of carbonyl (C=O) groups excluding carboxylic acids is 1. The van der Waals surface area contributed by atoms with E-state index in [4.69, 9.17) is 25.5 Å². The summed E-state index contributed by atoms with van der Waals surface area (Å²) in [5, 5.41) is 3.35. The first-order valence-corrected chi connectivity index (χ1v) is 13.0. The van der Waals surface area contributed by atoms with E-state index in [2.05, 4.69) is 10.3 Å². The molecule has 1 aromatic heterocycles. The molecule has 0 aliphatic heterocycles. The number of hydrogen-bond acceptors (Lipinski definition) is 6. The molecule has 1 heterocycles. The second-order valence-corrected chi connectivity index (χ2v) is 9.34. The number of amides is 1. The summed E-state index contributed by atoms with van der Waals surface area (Å²) in [6, 6.07) is 13.0. The molecule has 34 heavy (non-hydrogen) atoms. The van der Waals surface area contributed by atoms with Crippen molar-refractivity contribution in [2.75, 3.05) is 25.5 Å². The van der Waals surface area contributed by atoms with E-state index in [1.807, 2.05) is 50.2 Å². The van der Waals surface area contributed by atoms with Crippen molar-refractivity contribution >= 4 is 28.3 Å². The summed E-state index contributed by atoms with van der Waals surface area (Å²) in [7, 11) is -1.42. The second kappa shape index (κ2) is 12.6. The molecule has 2 aromatic carbocycles. The minimum atomic E-state index is -1.42. The first-order valence-electron chi connectivity index (χ1n) is 11.1. The van der Waals surface area contributed by atoms with Crippen molar-refractivity contribution in [3.63, 3.8) is 0 Å². The molecule has 182 valence electrons. The van der Waals surface area contributed by atoms with Crippen molar-refractivity contribution in [3.05, 3.63) is 64.5 Å². The highest BCUT2D eigenvalue weighted by atomic mass is 35.5. The Balaban J connectivity index is 1.50. The van der Waals surface area contributed by atoms with Crippen molar-refractivity contribution in [2.45, 2.75) is 32.9 Å². The number of benzene rings is 2. The van der Waals surface area contributed by atoms with Gasteiger partial charge in [-0.05, 0) is 57.0 Å². The van der Waals surface area contributed by atoms with Gasteiger partial charge >= 0.3 is 0 Å². The molecule has 9 heteroatoms. The Morgan fingerprint density at radius 1 is 1.12 bits per heavy atom. The molecule has 1 N–H and O–H groups in total. The fourth-order valence-electron chi connectivity index (χ4n) is 3.31. The Hall–Kier alpha value is -2.84. The van der Waals surface area contributed by atoms with Crippen LogP contribution >= 0.6 is 11.6 Å². The summed E-state index contributed by atoms with van der Waals surface area (Å²) in [5.41, 5.74) is 2.24. The maximum Gasteiger partial charge on any atom is 0.232 e. The van der Waals surface area contributed by atoms with E-state index in [9.17, 15) is 9.00 Å². The van der Waals surface area contributed by atoms with Gasteiger partial charge in [0.2, 0.25) is 11.8 Å². The fraction of sp³-hybridized carbons (Fsp3) is 0.360. The highest BCUT2D eigenvalue weighted by Gasteiger charge is 2.17. The minimum Gasteiger partial charge on any atom is -0.490 e. The van der Waals surface area contributed by atoms with Gasteiger partial charge in [0.25, 0.3) is 0 Å². The van der Waals surface area contributed by atoms with Gasteiger partial charge in [-0.1, -0.05) is 29.8 Å². The van der Waals surface area contributed by atoms with E-state index < -0.39 is 10.8 Å². The van der Waals surface area contributed by atoms with Gasteiger partial charge in [-0.15, -0.1) is 0 Å². The van der Waals surface area contributed by atoms with Crippen molar-refractivity contribution < 1.29 is 22.9 Å². The molecule has 0 fully saturated rings. The van der Waals surface area contributed by atoms with Crippen molar-refractivity contribution in [3.8, 4) is 23.0 Å². The fourth-order valence-corrected chi connectivity index (χ4v) is 4.60. The van der Waals surface area contributed by atoms with Crippen LogP contribution in [-0.4, -0.2) is 40.6 Å². The predicted molar refractivity (Wildman–Crippen MR) is 134 cm³/mol. The number of hydrogen-bond donors (Lipinski definition) is 1. The molecule has 1 atom stereocenters. The highest BCUT2D eigenvalue weighted by molar-refractivity contribution is 7.84. The predicted octanol–water partition coefficient (Wildman–Crippen LogP) is 4.71. The van der Waals surface area contributed by atoms with Crippen molar-refractivity contribution in [2.24, 2.45) is 0 Å². The summed E-state index contributed by atoms with van der Waals surface area (Å²) in [5.74, 6) is 2.07. The number of rotatable bonds is 12. The third-order valence-corrected chi connectivity index (χ3v) is 6.44. The van der Waals surface area contributed by atoms with Crippen molar-refractivity contribution in [1.29, 1.82) is 0 Å². The number of oxazole rings is 1. The number of halogens is 1. The zero-order chi connectivity index (χ0) is 24.5. The molecule has 0 saturated carbocycles. The number of nitrogens with one attached hydrogen (secondary N) is 1. The lowest BCUT2D eigenvalue weighted by Crippen LogP contribution is -2.30. The topological polar surface area (TPSA) is 90.7 Å². The maximum atomic E-state index is 12.5. The number of nitrogens with zero attached hydrogens (tertiary/aromatic N) is 1. The van der Waals surface area contributed by atoms with Crippen molar-refractivity contribution in [1.82, 2.24) is 10.3 Å². The van der Waals surface area contributed by atoms with Crippen LogP contribution < -0.4 is 14.8 Å². The van der Waals surface area contributed by atoms with Gasteiger partial charge in [0, 0.05) is 17.3 Å². The summed E-state index contributed by atoms with van der Waals surface area (Å²) < 4.78 is 29.5. The summed E-state index contributed by atoms with van der Waals surface area (Å²) in [4.78, 5) is 16.7. The summed E-state index contributed by atoms with van der Waals surface area (Å²) in [6.45, 7) is 7.12. The van der Waals surface area contributed by atoms with Gasteiger partial charge in [0.1, 0.15) is 11.5 Å². The molecule has 3 rings (SSSR count). The van der Waals surface area contributed by atoms with E-state index >= 15 is 0 Å². The lowest BCUT2D eigenvalue weighted by atomic mass is 10.1. The van der Waals surface area contributed by atoms with Crippen LogP contribution in [0, 0.1) is 6.92 Å². The summed E-state index contributed by atoms with van der Waals surface area (Å²) in [6.07, 6.45) is 0.619. The van der Waals surface area contributed by atoms with Crippen LogP contribution in [0.3, 0.4) is 0 Å². The third-order valence-electron chi connectivity index (χ3n) is 4.93. The van der Waals surface area contributed by atoms with Gasteiger partial charge in [-0.3, -0.25) is 9.00 Å². The number of aryl methyl sites for hydroxylation is 1. The van der Waals surface area contributed by atoms with Crippen LogP contribution in [0.15, 0.2) is 46.9 Å². The van der Waals surface area contributed by atoms with Gasteiger partial charge in [0.05, 0.1) is 35.2 Å². The van der Waals surface area contributed by atoms with Gasteiger partial charge in [0.15, 0.2) is 11.5 Å². The van der Waals surface area contributed by atoms with E-state index in [-0.39, 0.29) is 17.4 Å². The first kappa shape index (κ1) is 25.8. The number of carbonyl (C=O) groups is 1. The highest BCUT2D eigenvalue weighted by Crippen LogP contribution is 2.29. The van der Waals surface area contributed by atoms with Crippen LogP contribution in [0.5, 0.6) is 11.5 Å². The quantitative estimate of drug-likeness (QED) is 0.384. The van der Waals surface area contributed by atoms with Gasteiger partial charge in [-0.25, -0.2) is 4.98 Å². The largest absolute Gasteiger partial charge is 0.490 e. The lowest BCUT2D eigenvalue weighted by Gasteiger charge is -2.12. The Morgan fingerprint density at radius 3 is 2.59 bits per heavy atom. The van der Waals surface area contributed by atoms with E-state index in [0.717, 1.165) is 5.56 Å². The molecule has 7 nitrogen and oxygen atoms in total. The molecule has 0 aliphatic carbocycles. The number of ether oxygens (including phenoxy) is 2. The number of aromatic nitrogens is 1. The van der Waals surface area contributed by atoms with E-state index in [1.165, 1.54) is 0 Å². The Labute approximate surface area is 207 Å². The zero-order valence-electron chi connectivity index (χ0n) is 19.6. The molecular formula is C25H29ClN2O5S. The van der Waals surface area contributed by atoms with Crippen LogP contribution in [0.4, 0.5) is 0 Å². The van der Waals surface area contributed by atoms with Crippen LogP contribution in [0.25, 0.3) is 11.5 Å². The average Bonchev–Trinajstić information content (AvgIpc) is 3.15. The third kappa shape index (κ3) is 7.08. The van der Waals surface area contributed by atoms with Crippen LogP contribution in [0.1, 0.15) is 30.9 Å². The van der Waals surface area contributed by atoms with E-state index in [1.54, 1.807) is 13.0 Å². The minimum absolute atomic E-state index is 0.110. The van der Waals surface area contributed by atoms with Gasteiger partial charge in [-0.2, -0.15) is 0 Å². The molecule has 0 aliphatic rings. The Bertz CT molecular complexity index is 1150. The SMILES string of the molecule is CCOc1ccc(CCNC(=O)C[S@](=O)Cc2nc(-c3ccccc3Cl)oc2C)cc1OCC.